The van der Waals surface area contributed by atoms with Crippen molar-refractivity contribution in [2.24, 2.45) is 0 Å². The van der Waals surface area contributed by atoms with Crippen molar-refractivity contribution in [3.8, 4) is 17.5 Å². The van der Waals surface area contributed by atoms with Crippen LogP contribution in [0.1, 0.15) is 34.6 Å². The molecule has 3 rings (SSSR count). The standard InChI is InChI=1S/C23H23N3O2/c1-17-8-9-18(2)26(17)21-12-10-19(11-13-21)23(27)25-20-6-5-7-22(16-20)28-15-4-3-14-24/h5-13,16H,3-4,15H2,1-2H3,(H,25,27). The summed E-state index contributed by atoms with van der Waals surface area (Å²) < 4.78 is 7.76. The molecule has 1 aromatic heterocycles. The zero-order valence-electron chi connectivity index (χ0n) is 16.1. The van der Waals surface area contributed by atoms with E-state index in [-0.39, 0.29) is 5.91 Å². The molecule has 0 saturated carbocycles. The topological polar surface area (TPSA) is 67.1 Å². The second kappa shape index (κ2) is 8.92. The van der Waals surface area contributed by atoms with Gasteiger partial charge in [0.15, 0.2) is 0 Å². The SMILES string of the molecule is Cc1ccc(C)n1-c1ccc(C(=O)Nc2cccc(OCCCC#N)c2)cc1. The van der Waals surface area contributed by atoms with Crippen LogP contribution in [0.3, 0.4) is 0 Å². The number of unbranched alkanes of at least 4 members (excludes halogenated alkanes) is 1. The van der Waals surface area contributed by atoms with Crippen LogP contribution >= 0.6 is 0 Å². The van der Waals surface area contributed by atoms with E-state index in [2.05, 4.69) is 41.9 Å². The number of nitrogens with zero attached hydrogens (tertiary/aromatic N) is 2. The molecule has 0 unspecified atom stereocenters. The van der Waals surface area contributed by atoms with Crippen molar-refractivity contribution < 1.29 is 9.53 Å². The van der Waals surface area contributed by atoms with Gasteiger partial charge in [-0.2, -0.15) is 5.26 Å². The Morgan fingerprint density at radius 2 is 1.79 bits per heavy atom. The van der Waals surface area contributed by atoms with Gasteiger partial charge in [-0.15, -0.1) is 0 Å². The number of nitriles is 1. The normalized spacial score (nSPS) is 10.3. The van der Waals surface area contributed by atoms with Crippen molar-refractivity contribution in [3.63, 3.8) is 0 Å². The van der Waals surface area contributed by atoms with Gasteiger partial charge in [0.05, 0.1) is 12.7 Å². The lowest BCUT2D eigenvalue weighted by molar-refractivity contribution is 0.102. The third-order valence-electron chi connectivity index (χ3n) is 4.45. The van der Waals surface area contributed by atoms with Crippen LogP contribution in [0.4, 0.5) is 5.69 Å². The minimum atomic E-state index is -0.172. The highest BCUT2D eigenvalue weighted by atomic mass is 16.5. The van der Waals surface area contributed by atoms with E-state index in [9.17, 15) is 4.79 Å². The van der Waals surface area contributed by atoms with Gasteiger partial charge < -0.3 is 14.6 Å². The Morgan fingerprint density at radius 1 is 1.07 bits per heavy atom. The fourth-order valence-corrected chi connectivity index (χ4v) is 3.05. The molecule has 142 valence electrons. The maximum atomic E-state index is 12.6. The Labute approximate surface area is 165 Å². The summed E-state index contributed by atoms with van der Waals surface area (Å²) in [5, 5.41) is 11.5. The molecule has 2 aromatic carbocycles. The fourth-order valence-electron chi connectivity index (χ4n) is 3.05. The first-order valence-electron chi connectivity index (χ1n) is 9.25. The molecule has 0 radical (unpaired) electrons. The Balaban J connectivity index is 1.66. The predicted octanol–water partition coefficient (Wildman–Crippen LogP) is 5.03. The molecule has 0 saturated heterocycles. The van der Waals surface area contributed by atoms with Crippen molar-refractivity contribution in [1.82, 2.24) is 4.57 Å². The number of benzene rings is 2. The lowest BCUT2D eigenvalue weighted by Crippen LogP contribution is -2.12. The van der Waals surface area contributed by atoms with Gasteiger partial charge in [0, 0.05) is 40.8 Å². The molecular weight excluding hydrogens is 350 g/mol. The number of amides is 1. The zero-order chi connectivity index (χ0) is 19.9. The average Bonchev–Trinajstić information content (AvgIpc) is 3.04. The average molecular weight is 373 g/mol. The molecule has 28 heavy (non-hydrogen) atoms. The summed E-state index contributed by atoms with van der Waals surface area (Å²) in [5.41, 5.74) is 4.60. The number of nitrogens with one attached hydrogen (secondary N) is 1. The third-order valence-corrected chi connectivity index (χ3v) is 4.45. The van der Waals surface area contributed by atoms with Crippen LogP contribution in [0, 0.1) is 25.2 Å². The molecule has 1 N–H and O–H groups in total. The molecule has 1 amide bonds. The monoisotopic (exact) mass is 373 g/mol. The first kappa shape index (κ1) is 19.2. The molecule has 0 aliphatic carbocycles. The lowest BCUT2D eigenvalue weighted by atomic mass is 10.1. The zero-order valence-corrected chi connectivity index (χ0v) is 16.1. The third kappa shape index (κ3) is 4.60. The summed E-state index contributed by atoms with van der Waals surface area (Å²) in [6.45, 7) is 4.59. The lowest BCUT2D eigenvalue weighted by Gasteiger charge is -2.11. The molecule has 5 heteroatoms. The van der Waals surface area contributed by atoms with Crippen LogP contribution < -0.4 is 10.1 Å². The molecule has 3 aromatic rings. The van der Waals surface area contributed by atoms with E-state index >= 15 is 0 Å². The summed E-state index contributed by atoms with van der Waals surface area (Å²) in [5.74, 6) is 0.499. The first-order chi connectivity index (χ1) is 13.6. The molecule has 1 heterocycles. The van der Waals surface area contributed by atoms with E-state index in [0.717, 1.165) is 17.1 Å². The van der Waals surface area contributed by atoms with Crippen LogP contribution in [0.15, 0.2) is 60.7 Å². The number of carbonyl (C=O) groups excluding carboxylic acids is 1. The summed E-state index contributed by atoms with van der Waals surface area (Å²) in [6.07, 6.45) is 1.15. The summed E-state index contributed by atoms with van der Waals surface area (Å²) in [6, 6.07) is 21.1. The van der Waals surface area contributed by atoms with Gasteiger partial charge in [-0.3, -0.25) is 4.79 Å². The van der Waals surface area contributed by atoms with Crippen molar-refractivity contribution >= 4 is 11.6 Å². The Kier molecular flexibility index (Phi) is 6.13. The van der Waals surface area contributed by atoms with Crippen molar-refractivity contribution in [3.05, 3.63) is 77.6 Å². The molecular formula is C23H23N3O2. The second-order valence-electron chi connectivity index (χ2n) is 6.59. The summed E-state index contributed by atoms with van der Waals surface area (Å²) in [4.78, 5) is 12.6. The van der Waals surface area contributed by atoms with Crippen molar-refractivity contribution in [2.75, 3.05) is 11.9 Å². The second-order valence-corrected chi connectivity index (χ2v) is 6.59. The predicted molar refractivity (Wildman–Crippen MR) is 110 cm³/mol. The number of ether oxygens (including phenoxy) is 1. The van der Waals surface area contributed by atoms with Gasteiger partial charge in [-0.05, 0) is 68.8 Å². The van der Waals surface area contributed by atoms with E-state index in [1.165, 1.54) is 0 Å². The molecule has 5 nitrogen and oxygen atoms in total. The van der Waals surface area contributed by atoms with Crippen molar-refractivity contribution in [2.45, 2.75) is 26.7 Å². The van der Waals surface area contributed by atoms with E-state index in [1.54, 1.807) is 6.07 Å². The van der Waals surface area contributed by atoms with E-state index in [4.69, 9.17) is 10.00 Å². The number of aryl methyl sites for hydroxylation is 2. The number of anilines is 1. The summed E-state index contributed by atoms with van der Waals surface area (Å²) >= 11 is 0. The van der Waals surface area contributed by atoms with Crippen LogP contribution in [-0.2, 0) is 0 Å². The van der Waals surface area contributed by atoms with Gasteiger partial charge in [0.1, 0.15) is 5.75 Å². The molecule has 0 bridgehead atoms. The Hall–Kier alpha value is -3.52. The van der Waals surface area contributed by atoms with Gasteiger partial charge in [-0.1, -0.05) is 6.07 Å². The maximum Gasteiger partial charge on any atom is 0.255 e. The van der Waals surface area contributed by atoms with Crippen LogP contribution in [0.25, 0.3) is 5.69 Å². The number of hydrogen-bond donors (Lipinski definition) is 1. The minimum absolute atomic E-state index is 0.172. The van der Waals surface area contributed by atoms with Crippen LogP contribution in [0.5, 0.6) is 5.75 Å². The first-order valence-corrected chi connectivity index (χ1v) is 9.25. The largest absolute Gasteiger partial charge is 0.493 e. The van der Waals surface area contributed by atoms with Gasteiger partial charge in [-0.25, -0.2) is 0 Å². The van der Waals surface area contributed by atoms with E-state index in [1.807, 2.05) is 42.5 Å². The Morgan fingerprint density at radius 3 is 2.46 bits per heavy atom. The fraction of sp³-hybridized carbons (Fsp3) is 0.217. The quantitative estimate of drug-likeness (QED) is 0.591. The van der Waals surface area contributed by atoms with Gasteiger partial charge in [0.2, 0.25) is 0 Å². The summed E-state index contributed by atoms with van der Waals surface area (Å²) in [7, 11) is 0. The van der Waals surface area contributed by atoms with Gasteiger partial charge >= 0.3 is 0 Å². The highest BCUT2D eigenvalue weighted by Gasteiger charge is 2.09. The molecule has 0 fully saturated rings. The smallest absolute Gasteiger partial charge is 0.255 e. The highest BCUT2D eigenvalue weighted by Crippen LogP contribution is 2.20. The van der Waals surface area contributed by atoms with Crippen molar-refractivity contribution in [1.29, 1.82) is 5.26 Å². The van der Waals surface area contributed by atoms with Gasteiger partial charge in [0.25, 0.3) is 5.91 Å². The highest BCUT2D eigenvalue weighted by molar-refractivity contribution is 6.04. The van der Waals surface area contributed by atoms with Crippen LogP contribution in [0.2, 0.25) is 0 Å². The molecule has 0 spiro atoms. The van der Waals surface area contributed by atoms with E-state index < -0.39 is 0 Å². The van der Waals surface area contributed by atoms with Crippen LogP contribution in [-0.4, -0.2) is 17.1 Å². The Bertz CT molecular complexity index is 978. The molecule has 0 aliphatic heterocycles. The molecule has 0 aliphatic rings. The number of hydrogen-bond acceptors (Lipinski definition) is 3. The number of rotatable bonds is 7. The minimum Gasteiger partial charge on any atom is -0.493 e. The molecule has 0 atom stereocenters. The van der Waals surface area contributed by atoms with E-state index in [0.29, 0.717) is 36.4 Å². The number of aromatic nitrogens is 1. The maximum absolute atomic E-state index is 12.6. The number of carbonyl (C=O) groups is 1.